The number of ether oxygens (including phenoxy) is 2. The van der Waals surface area contributed by atoms with Crippen molar-refractivity contribution in [2.75, 3.05) is 20.8 Å². The highest BCUT2D eigenvalue weighted by atomic mass is 16.5. The first-order chi connectivity index (χ1) is 6.83. The van der Waals surface area contributed by atoms with Crippen LogP contribution in [0, 0.1) is 11.8 Å². The molecule has 74 valence electrons. The maximum Gasteiger partial charge on any atom is 0.138 e. The minimum absolute atomic E-state index is 0.179. The molecular weight excluding hydrogens is 180 g/mol. The number of aliphatic hydroxyl groups excluding tert-OH is 1. The summed E-state index contributed by atoms with van der Waals surface area (Å²) in [5.74, 6) is 6.63. The van der Waals surface area contributed by atoms with Gasteiger partial charge >= 0.3 is 0 Å². The van der Waals surface area contributed by atoms with Crippen LogP contribution in [0.2, 0.25) is 0 Å². The van der Waals surface area contributed by atoms with Crippen LogP contribution >= 0.6 is 0 Å². The topological polar surface area (TPSA) is 38.7 Å². The lowest BCUT2D eigenvalue weighted by molar-refractivity contribution is 0.350. The van der Waals surface area contributed by atoms with Crippen molar-refractivity contribution in [1.29, 1.82) is 0 Å². The molecule has 0 atom stereocenters. The van der Waals surface area contributed by atoms with E-state index in [0.29, 0.717) is 17.1 Å². The van der Waals surface area contributed by atoms with Crippen molar-refractivity contribution >= 4 is 0 Å². The monoisotopic (exact) mass is 192 g/mol. The van der Waals surface area contributed by atoms with Gasteiger partial charge in [0.1, 0.15) is 23.7 Å². The number of benzene rings is 1. The first-order valence-corrected chi connectivity index (χ1v) is 4.14. The van der Waals surface area contributed by atoms with E-state index in [4.69, 9.17) is 14.6 Å². The SMILES string of the molecule is COc1cccc(OC)c1C#CCO. The lowest BCUT2D eigenvalue weighted by atomic mass is 10.2. The van der Waals surface area contributed by atoms with Gasteiger partial charge in [-0.1, -0.05) is 17.9 Å². The highest BCUT2D eigenvalue weighted by molar-refractivity contribution is 5.55. The third-order valence-corrected chi connectivity index (χ3v) is 1.72. The first-order valence-electron chi connectivity index (χ1n) is 4.14. The molecule has 0 unspecified atom stereocenters. The Hall–Kier alpha value is -1.66. The fraction of sp³-hybridized carbons (Fsp3) is 0.273. The summed E-state index contributed by atoms with van der Waals surface area (Å²) in [4.78, 5) is 0. The predicted molar refractivity (Wildman–Crippen MR) is 53.5 cm³/mol. The van der Waals surface area contributed by atoms with E-state index < -0.39 is 0 Å². The number of aliphatic hydroxyl groups is 1. The molecule has 0 saturated heterocycles. The second-order valence-corrected chi connectivity index (χ2v) is 2.50. The molecule has 0 aliphatic heterocycles. The Labute approximate surface area is 83.3 Å². The van der Waals surface area contributed by atoms with Crippen molar-refractivity contribution in [3.63, 3.8) is 0 Å². The van der Waals surface area contributed by atoms with Gasteiger partial charge in [0.15, 0.2) is 0 Å². The maximum absolute atomic E-state index is 8.60. The second-order valence-electron chi connectivity index (χ2n) is 2.50. The van der Waals surface area contributed by atoms with Crippen LogP contribution in [0.5, 0.6) is 11.5 Å². The number of methoxy groups -OCH3 is 2. The summed E-state index contributed by atoms with van der Waals surface area (Å²) >= 11 is 0. The van der Waals surface area contributed by atoms with Gasteiger partial charge < -0.3 is 14.6 Å². The Morgan fingerprint density at radius 1 is 1.21 bits per heavy atom. The molecule has 0 aliphatic carbocycles. The molecule has 3 nitrogen and oxygen atoms in total. The van der Waals surface area contributed by atoms with E-state index in [1.165, 1.54) is 0 Å². The van der Waals surface area contributed by atoms with Crippen LogP contribution in [-0.2, 0) is 0 Å². The van der Waals surface area contributed by atoms with E-state index in [-0.39, 0.29) is 6.61 Å². The van der Waals surface area contributed by atoms with Gasteiger partial charge in [-0.15, -0.1) is 0 Å². The molecule has 0 bridgehead atoms. The molecule has 14 heavy (non-hydrogen) atoms. The highest BCUT2D eigenvalue weighted by Gasteiger charge is 2.05. The Morgan fingerprint density at radius 2 is 1.79 bits per heavy atom. The van der Waals surface area contributed by atoms with Gasteiger partial charge in [0.25, 0.3) is 0 Å². The van der Waals surface area contributed by atoms with E-state index in [1.54, 1.807) is 26.4 Å². The third-order valence-electron chi connectivity index (χ3n) is 1.72. The molecule has 1 aromatic carbocycles. The normalized spacial score (nSPS) is 8.79. The van der Waals surface area contributed by atoms with E-state index in [0.717, 1.165) is 0 Å². The van der Waals surface area contributed by atoms with Crippen molar-refractivity contribution in [3.05, 3.63) is 23.8 Å². The maximum atomic E-state index is 8.60. The smallest absolute Gasteiger partial charge is 0.138 e. The van der Waals surface area contributed by atoms with Gasteiger partial charge in [0.2, 0.25) is 0 Å². The van der Waals surface area contributed by atoms with Gasteiger partial charge in [0.05, 0.1) is 14.2 Å². The van der Waals surface area contributed by atoms with Crippen molar-refractivity contribution < 1.29 is 14.6 Å². The van der Waals surface area contributed by atoms with Crippen LogP contribution < -0.4 is 9.47 Å². The van der Waals surface area contributed by atoms with Crippen molar-refractivity contribution in [2.45, 2.75) is 0 Å². The fourth-order valence-electron chi connectivity index (χ4n) is 1.10. The molecule has 0 radical (unpaired) electrons. The van der Waals surface area contributed by atoms with Gasteiger partial charge in [-0.25, -0.2) is 0 Å². The van der Waals surface area contributed by atoms with Crippen molar-refractivity contribution in [3.8, 4) is 23.3 Å². The Balaban J connectivity index is 3.19. The molecule has 1 N–H and O–H groups in total. The average molecular weight is 192 g/mol. The summed E-state index contributed by atoms with van der Waals surface area (Å²) in [6.07, 6.45) is 0. The van der Waals surface area contributed by atoms with E-state index >= 15 is 0 Å². The highest BCUT2D eigenvalue weighted by Crippen LogP contribution is 2.26. The first kappa shape index (κ1) is 10.4. The molecule has 0 saturated carbocycles. The zero-order chi connectivity index (χ0) is 10.4. The Morgan fingerprint density at radius 3 is 2.21 bits per heavy atom. The lowest BCUT2D eigenvalue weighted by Gasteiger charge is -2.07. The summed E-state index contributed by atoms with van der Waals surface area (Å²) in [6, 6.07) is 5.41. The molecule has 1 aromatic rings. The van der Waals surface area contributed by atoms with Crippen LogP contribution in [0.1, 0.15) is 5.56 Å². The van der Waals surface area contributed by atoms with Crippen LogP contribution in [0.3, 0.4) is 0 Å². The lowest BCUT2D eigenvalue weighted by Crippen LogP contribution is -1.92. The van der Waals surface area contributed by atoms with Gasteiger partial charge in [-0.3, -0.25) is 0 Å². The molecular formula is C11H12O3. The molecule has 0 amide bonds. The molecule has 1 rings (SSSR count). The molecule has 0 heterocycles. The van der Waals surface area contributed by atoms with Gasteiger partial charge in [0, 0.05) is 0 Å². The zero-order valence-corrected chi connectivity index (χ0v) is 8.20. The van der Waals surface area contributed by atoms with Gasteiger partial charge in [-0.05, 0) is 12.1 Å². The molecule has 0 spiro atoms. The Kier molecular flexibility index (Phi) is 3.84. The van der Waals surface area contributed by atoms with E-state index in [1.807, 2.05) is 6.07 Å². The largest absolute Gasteiger partial charge is 0.495 e. The molecule has 0 fully saturated rings. The summed E-state index contributed by atoms with van der Waals surface area (Å²) in [6.45, 7) is -0.179. The van der Waals surface area contributed by atoms with E-state index in [2.05, 4.69) is 11.8 Å². The average Bonchev–Trinajstić information content (AvgIpc) is 2.25. The third kappa shape index (κ3) is 2.18. The van der Waals surface area contributed by atoms with Crippen LogP contribution in [0.4, 0.5) is 0 Å². The standard InChI is InChI=1S/C11H12O3/c1-13-10-6-3-7-11(14-2)9(10)5-4-8-12/h3,6-7,12H,8H2,1-2H3. The van der Waals surface area contributed by atoms with Gasteiger partial charge in [-0.2, -0.15) is 0 Å². The second kappa shape index (κ2) is 5.15. The summed E-state index contributed by atoms with van der Waals surface area (Å²) in [5, 5.41) is 8.60. The molecule has 3 heteroatoms. The van der Waals surface area contributed by atoms with Crippen LogP contribution in [0.25, 0.3) is 0 Å². The van der Waals surface area contributed by atoms with Crippen LogP contribution in [0.15, 0.2) is 18.2 Å². The summed E-state index contributed by atoms with van der Waals surface area (Å²) in [7, 11) is 3.14. The van der Waals surface area contributed by atoms with Crippen molar-refractivity contribution in [2.24, 2.45) is 0 Å². The Bertz CT molecular complexity index is 338. The van der Waals surface area contributed by atoms with E-state index in [9.17, 15) is 0 Å². The van der Waals surface area contributed by atoms with Crippen molar-refractivity contribution in [1.82, 2.24) is 0 Å². The minimum atomic E-state index is -0.179. The summed E-state index contributed by atoms with van der Waals surface area (Å²) < 4.78 is 10.2. The molecule has 0 aromatic heterocycles. The fourth-order valence-corrected chi connectivity index (χ4v) is 1.10. The number of hydrogen-bond donors (Lipinski definition) is 1. The summed E-state index contributed by atoms with van der Waals surface area (Å²) in [5.41, 5.74) is 0.659. The zero-order valence-electron chi connectivity index (χ0n) is 8.20. The minimum Gasteiger partial charge on any atom is -0.495 e. The number of hydrogen-bond acceptors (Lipinski definition) is 3. The molecule has 0 aliphatic rings. The quantitative estimate of drug-likeness (QED) is 0.712. The predicted octanol–water partition coefficient (Wildman–Crippen LogP) is 1.05. The van der Waals surface area contributed by atoms with Crippen LogP contribution in [-0.4, -0.2) is 25.9 Å². The number of rotatable bonds is 2.